The van der Waals surface area contributed by atoms with Crippen LogP contribution in [-0.4, -0.2) is 16.1 Å². The molecule has 0 aliphatic carbocycles. The molecule has 0 aliphatic heterocycles. The van der Waals surface area contributed by atoms with Crippen LogP contribution in [0.1, 0.15) is 10.4 Å². The van der Waals surface area contributed by atoms with Gasteiger partial charge in [0, 0.05) is 14.2 Å². The average Bonchev–Trinajstić information content (AvgIpc) is 2.44. The molecule has 2 aromatic carbocycles. The van der Waals surface area contributed by atoms with Crippen LogP contribution < -0.4 is 10.6 Å². The number of carbonyl (C=O) groups is 1. The van der Waals surface area contributed by atoms with Crippen molar-refractivity contribution in [2.75, 3.05) is 5.32 Å². The van der Waals surface area contributed by atoms with Crippen LogP contribution in [0.4, 0.5) is 5.69 Å². The Bertz CT molecular complexity index is 738. The Labute approximate surface area is 156 Å². The van der Waals surface area contributed by atoms with E-state index in [0.29, 0.717) is 10.6 Å². The lowest BCUT2D eigenvalue weighted by Crippen LogP contribution is -2.34. The lowest BCUT2D eigenvalue weighted by atomic mass is 10.2. The molecule has 8 heteroatoms. The van der Waals surface area contributed by atoms with Gasteiger partial charge >= 0.3 is 0 Å². The van der Waals surface area contributed by atoms with Gasteiger partial charge in [0.15, 0.2) is 10.9 Å². The molecule has 2 aromatic rings. The van der Waals surface area contributed by atoms with E-state index in [-0.39, 0.29) is 27.5 Å². The van der Waals surface area contributed by atoms with Gasteiger partial charge in [0.05, 0.1) is 10.7 Å². The predicted octanol–water partition coefficient (Wildman–Crippen LogP) is 4.43. The van der Waals surface area contributed by atoms with Gasteiger partial charge in [-0.15, -0.1) is 0 Å². The molecule has 3 N–H and O–H groups in total. The molecule has 0 unspecified atom stereocenters. The number of phenols is 1. The summed E-state index contributed by atoms with van der Waals surface area (Å²) >= 11 is 18.9. The Kier molecular flexibility index (Phi) is 5.85. The lowest BCUT2D eigenvalue weighted by molar-refractivity contribution is 0.0977. The van der Waals surface area contributed by atoms with Crippen LogP contribution in [0.2, 0.25) is 10.0 Å². The van der Waals surface area contributed by atoms with Crippen molar-refractivity contribution in [1.29, 1.82) is 0 Å². The Morgan fingerprint density at radius 3 is 2.45 bits per heavy atom. The zero-order valence-electron chi connectivity index (χ0n) is 10.9. The first-order valence-electron chi connectivity index (χ1n) is 5.92. The molecule has 0 atom stereocenters. The summed E-state index contributed by atoms with van der Waals surface area (Å²) in [5.41, 5.74) is 0.684. The van der Waals surface area contributed by atoms with E-state index >= 15 is 0 Å². The molecule has 0 saturated heterocycles. The van der Waals surface area contributed by atoms with Crippen LogP contribution in [0.3, 0.4) is 0 Å². The van der Waals surface area contributed by atoms with E-state index in [1.165, 1.54) is 12.1 Å². The van der Waals surface area contributed by atoms with Gasteiger partial charge in [-0.25, -0.2) is 0 Å². The van der Waals surface area contributed by atoms with E-state index in [1.807, 2.05) is 12.1 Å². The fraction of sp³-hybridized carbons (Fsp3) is 0. The zero-order valence-corrected chi connectivity index (χ0v) is 15.3. The highest BCUT2D eigenvalue weighted by molar-refractivity contribution is 14.1. The SMILES string of the molecule is O=C(NC(=S)Nc1cc(Cl)cc(Cl)c1O)c1ccc(I)cc1. The van der Waals surface area contributed by atoms with Crippen molar-refractivity contribution in [3.8, 4) is 5.75 Å². The summed E-state index contributed by atoms with van der Waals surface area (Å²) in [7, 11) is 0. The molecule has 0 aliphatic rings. The monoisotopic (exact) mass is 466 g/mol. The quantitative estimate of drug-likeness (QED) is 0.348. The van der Waals surface area contributed by atoms with Crippen LogP contribution in [0.25, 0.3) is 0 Å². The Balaban J connectivity index is 2.07. The minimum atomic E-state index is -0.360. The van der Waals surface area contributed by atoms with E-state index in [4.69, 9.17) is 35.4 Å². The molecule has 4 nitrogen and oxygen atoms in total. The lowest BCUT2D eigenvalue weighted by Gasteiger charge is -2.12. The number of rotatable bonds is 2. The molecular weight excluding hydrogens is 458 g/mol. The number of halogens is 3. The van der Waals surface area contributed by atoms with E-state index in [9.17, 15) is 9.90 Å². The minimum absolute atomic E-state index is 0.0252. The number of hydrogen-bond donors (Lipinski definition) is 3. The average molecular weight is 467 g/mol. The third kappa shape index (κ3) is 4.45. The molecule has 22 heavy (non-hydrogen) atoms. The maximum Gasteiger partial charge on any atom is 0.257 e. The number of nitrogens with one attached hydrogen (secondary N) is 2. The van der Waals surface area contributed by atoms with Crippen LogP contribution >= 0.6 is 58.0 Å². The zero-order chi connectivity index (χ0) is 16.3. The van der Waals surface area contributed by atoms with Crippen molar-refractivity contribution < 1.29 is 9.90 Å². The van der Waals surface area contributed by atoms with Crippen molar-refractivity contribution in [1.82, 2.24) is 5.32 Å². The van der Waals surface area contributed by atoms with Gasteiger partial charge in [-0.05, 0) is 71.2 Å². The third-order valence-corrected chi connectivity index (χ3v) is 4.04. The van der Waals surface area contributed by atoms with Gasteiger partial charge < -0.3 is 10.4 Å². The fourth-order valence-electron chi connectivity index (χ4n) is 1.59. The minimum Gasteiger partial charge on any atom is -0.504 e. The van der Waals surface area contributed by atoms with Crippen LogP contribution in [0, 0.1) is 3.57 Å². The third-order valence-electron chi connectivity index (χ3n) is 2.61. The first-order chi connectivity index (χ1) is 10.4. The molecule has 0 bridgehead atoms. The number of phenolic OH excluding ortho intramolecular Hbond substituents is 1. The first-order valence-corrected chi connectivity index (χ1v) is 8.17. The van der Waals surface area contributed by atoms with Gasteiger partial charge in [0.2, 0.25) is 0 Å². The van der Waals surface area contributed by atoms with Crippen molar-refractivity contribution >= 4 is 74.7 Å². The molecule has 114 valence electrons. The standard InChI is InChI=1S/C14H9Cl2IN2O2S/c15-8-5-10(16)12(20)11(6-8)18-14(22)19-13(21)7-1-3-9(17)4-2-7/h1-6,20H,(H2,18,19,21,22). The summed E-state index contributed by atoms with van der Waals surface area (Å²) in [6, 6.07) is 9.85. The summed E-state index contributed by atoms with van der Waals surface area (Å²) in [4.78, 5) is 12.0. The summed E-state index contributed by atoms with van der Waals surface area (Å²) < 4.78 is 1.02. The molecule has 2 rings (SSSR count). The molecule has 0 saturated carbocycles. The normalized spacial score (nSPS) is 10.1. The molecule has 1 amide bonds. The van der Waals surface area contributed by atoms with E-state index in [1.54, 1.807) is 12.1 Å². The molecule has 0 fully saturated rings. The summed E-state index contributed by atoms with van der Waals surface area (Å²) in [5, 5.41) is 15.5. The summed E-state index contributed by atoms with van der Waals surface area (Å²) in [6.07, 6.45) is 0. The predicted molar refractivity (Wildman–Crippen MR) is 101 cm³/mol. The number of anilines is 1. The second-order valence-corrected chi connectivity index (χ2v) is 6.70. The Morgan fingerprint density at radius 2 is 1.82 bits per heavy atom. The van der Waals surface area contributed by atoms with Gasteiger partial charge in [-0.2, -0.15) is 0 Å². The van der Waals surface area contributed by atoms with Crippen molar-refractivity contribution in [3.63, 3.8) is 0 Å². The number of amides is 1. The molecular formula is C14H9Cl2IN2O2S. The van der Waals surface area contributed by atoms with Crippen molar-refractivity contribution in [2.45, 2.75) is 0 Å². The van der Waals surface area contributed by atoms with Gasteiger partial charge in [0.25, 0.3) is 5.91 Å². The Hall–Kier alpha value is -1.09. The maximum absolute atomic E-state index is 12.0. The van der Waals surface area contributed by atoms with Gasteiger partial charge in [-0.1, -0.05) is 23.2 Å². The topological polar surface area (TPSA) is 61.4 Å². The van der Waals surface area contributed by atoms with E-state index in [2.05, 4.69) is 33.2 Å². The van der Waals surface area contributed by atoms with E-state index in [0.717, 1.165) is 3.57 Å². The van der Waals surface area contributed by atoms with Crippen molar-refractivity contribution in [3.05, 3.63) is 55.6 Å². The molecule has 0 radical (unpaired) electrons. The number of hydrogen-bond acceptors (Lipinski definition) is 3. The maximum atomic E-state index is 12.0. The molecule has 0 aromatic heterocycles. The number of thiocarbonyl (C=S) groups is 1. The molecule has 0 spiro atoms. The summed E-state index contributed by atoms with van der Waals surface area (Å²) in [6.45, 7) is 0. The smallest absolute Gasteiger partial charge is 0.257 e. The second kappa shape index (κ2) is 7.45. The van der Waals surface area contributed by atoms with Crippen LogP contribution in [-0.2, 0) is 0 Å². The van der Waals surface area contributed by atoms with Gasteiger partial charge in [0.1, 0.15) is 0 Å². The fourth-order valence-corrected chi connectivity index (χ4v) is 2.65. The number of benzene rings is 2. The highest BCUT2D eigenvalue weighted by Crippen LogP contribution is 2.34. The number of carbonyl (C=O) groups excluding carboxylic acids is 1. The first kappa shape index (κ1) is 17.3. The largest absolute Gasteiger partial charge is 0.504 e. The number of aromatic hydroxyl groups is 1. The van der Waals surface area contributed by atoms with Crippen molar-refractivity contribution in [2.24, 2.45) is 0 Å². The Morgan fingerprint density at radius 1 is 1.18 bits per heavy atom. The summed E-state index contributed by atoms with van der Waals surface area (Å²) in [5.74, 6) is -0.557. The van der Waals surface area contributed by atoms with Crippen LogP contribution in [0.15, 0.2) is 36.4 Å². The van der Waals surface area contributed by atoms with E-state index < -0.39 is 0 Å². The highest BCUT2D eigenvalue weighted by atomic mass is 127. The molecule has 0 heterocycles. The highest BCUT2D eigenvalue weighted by Gasteiger charge is 2.12. The van der Waals surface area contributed by atoms with Crippen LogP contribution in [0.5, 0.6) is 5.75 Å². The van der Waals surface area contributed by atoms with Gasteiger partial charge in [-0.3, -0.25) is 10.1 Å². The second-order valence-electron chi connectivity index (χ2n) is 4.20.